The van der Waals surface area contributed by atoms with E-state index in [4.69, 9.17) is 0 Å². The summed E-state index contributed by atoms with van der Waals surface area (Å²) in [4.78, 5) is 11.8. The molecule has 21 heavy (non-hydrogen) atoms. The van der Waals surface area contributed by atoms with Crippen molar-refractivity contribution in [1.82, 2.24) is 0 Å². The van der Waals surface area contributed by atoms with Crippen molar-refractivity contribution in [2.24, 2.45) is 5.41 Å². The average molecular weight is 323 g/mol. The maximum atomic E-state index is 12.2. The number of fused-ring (bicyclic) bond motifs is 1. The Morgan fingerprint density at radius 1 is 1.29 bits per heavy atom. The summed E-state index contributed by atoms with van der Waals surface area (Å²) in [6.07, 6.45) is 0.389. The number of rotatable bonds is 2. The fraction of sp³-hybridized carbons (Fsp3) is 0.417. The fourth-order valence-corrected chi connectivity index (χ4v) is 2.35. The molecule has 1 amide bonds. The fourth-order valence-electron chi connectivity index (χ4n) is 1.90. The zero-order chi connectivity index (χ0) is 16.1. The highest BCUT2D eigenvalue weighted by Gasteiger charge is 2.48. The smallest absolute Gasteiger partial charge is 0.376 e. The molecule has 0 spiro atoms. The standard InChI is InChI=1S/C12H12F3NO4S/c1-11(2)6-7-3-4-8(5-9(7)16-10(11)17)20-21(18,19)12(13,14)15/h3-5H,6H2,1-2H3,(H,16,17). The maximum absolute atomic E-state index is 12.2. The number of hydrogen-bond donors (Lipinski definition) is 1. The molecule has 1 aromatic rings. The molecule has 0 radical (unpaired) electrons. The molecule has 5 nitrogen and oxygen atoms in total. The molecule has 9 heteroatoms. The van der Waals surface area contributed by atoms with Crippen molar-refractivity contribution < 1.29 is 30.6 Å². The Bertz CT molecular complexity index is 695. The van der Waals surface area contributed by atoms with E-state index in [-0.39, 0.29) is 11.6 Å². The molecule has 0 aromatic heterocycles. The molecule has 0 atom stereocenters. The van der Waals surface area contributed by atoms with E-state index in [1.165, 1.54) is 6.07 Å². The number of hydrogen-bond acceptors (Lipinski definition) is 4. The number of anilines is 1. The second kappa shape index (κ2) is 4.62. The van der Waals surface area contributed by atoms with Crippen LogP contribution in [0.3, 0.4) is 0 Å². The summed E-state index contributed by atoms with van der Waals surface area (Å²) in [7, 11) is -5.73. The zero-order valence-electron chi connectivity index (χ0n) is 11.1. The van der Waals surface area contributed by atoms with Crippen LogP contribution in [0.1, 0.15) is 19.4 Å². The van der Waals surface area contributed by atoms with Crippen LogP contribution in [-0.2, 0) is 21.3 Å². The zero-order valence-corrected chi connectivity index (χ0v) is 11.9. The van der Waals surface area contributed by atoms with Crippen molar-refractivity contribution in [3.8, 4) is 5.75 Å². The SMILES string of the molecule is CC1(C)Cc2ccc(OS(=O)(=O)C(F)(F)F)cc2NC1=O. The Kier molecular flexibility index (Phi) is 3.43. The van der Waals surface area contributed by atoms with Gasteiger partial charge in [0.05, 0.1) is 0 Å². The van der Waals surface area contributed by atoms with Crippen molar-refractivity contribution in [2.45, 2.75) is 25.8 Å². The monoisotopic (exact) mass is 323 g/mol. The van der Waals surface area contributed by atoms with E-state index in [0.29, 0.717) is 12.0 Å². The average Bonchev–Trinajstić information content (AvgIpc) is 2.29. The summed E-state index contributed by atoms with van der Waals surface area (Å²) in [6.45, 7) is 3.45. The minimum absolute atomic E-state index is 0.245. The number of alkyl halides is 3. The van der Waals surface area contributed by atoms with Crippen LogP contribution in [0.25, 0.3) is 0 Å². The van der Waals surface area contributed by atoms with Gasteiger partial charge < -0.3 is 9.50 Å². The summed E-state index contributed by atoms with van der Waals surface area (Å²) in [5.74, 6) is -0.808. The second-order valence-electron chi connectivity index (χ2n) is 5.32. The first-order chi connectivity index (χ1) is 9.42. The van der Waals surface area contributed by atoms with Gasteiger partial charge in [-0.3, -0.25) is 4.79 Å². The van der Waals surface area contributed by atoms with E-state index >= 15 is 0 Å². The van der Waals surface area contributed by atoms with Crippen LogP contribution in [0.15, 0.2) is 18.2 Å². The van der Waals surface area contributed by atoms with E-state index in [1.54, 1.807) is 13.8 Å². The van der Waals surface area contributed by atoms with Gasteiger partial charge in [0.15, 0.2) is 0 Å². The van der Waals surface area contributed by atoms with Crippen molar-refractivity contribution in [2.75, 3.05) is 5.32 Å². The molecular formula is C12H12F3NO4S. The lowest BCUT2D eigenvalue weighted by molar-refractivity contribution is -0.124. The van der Waals surface area contributed by atoms with Gasteiger partial charge >= 0.3 is 15.6 Å². The summed E-state index contributed by atoms with van der Waals surface area (Å²) in [6, 6.07) is 3.61. The van der Waals surface area contributed by atoms with Crippen molar-refractivity contribution in [3.63, 3.8) is 0 Å². The summed E-state index contributed by atoms with van der Waals surface area (Å²) >= 11 is 0. The highest BCUT2D eigenvalue weighted by Crippen LogP contribution is 2.36. The number of carbonyl (C=O) groups excluding carboxylic acids is 1. The van der Waals surface area contributed by atoms with Crippen LogP contribution in [0.4, 0.5) is 18.9 Å². The lowest BCUT2D eigenvalue weighted by atomic mass is 9.81. The molecule has 1 aliphatic heterocycles. The number of nitrogens with one attached hydrogen (secondary N) is 1. The van der Waals surface area contributed by atoms with Gasteiger partial charge in [0.1, 0.15) is 5.75 Å². The van der Waals surface area contributed by atoms with E-state index in [0.717, 1.165) is 12.1 Å². The third kappa shape index (κ3) is 2.97. The van der Waals surface area contributed by atoms with Gasteiger partial charge in [0.25, 0.3) is 0 Å². The maximum Gasteiger partial charge on any atom is 0.534 e. The van der Waals surface area contributed by atoms with Gasteiger partial charge in [-0.15, -0.1) is 0 Å². The van der Waals surface area contributed by atoms with Crippen LogP contribution in [0.5, 0.6) is 5.75 Å². The Morgan fingerprint density at radius 3 is 2.48 bits per heavy atom. The summed E-state index contributed by atoms with van der Waals surface area (Å²) in [5, 5.41) is 2.52. The largest absolute Gasteiger partial charge is 0.534 e. The molecule has 1 N–H and O–H groups in total. The van der Waals surface area contributed by atoms with E-state index in [1.807, 2.05) is 0 Å². The van der Waals surface area contributed by atoms with Crippen LogP contribution in [0.2, 0.25) is 0 Å². The molecular weight excluding hydrogens is 311 g/mol. The molecule has 0 aliphatic carbocycles. The van der Waals surface area contributed by atoms with Crippen molar-refractivity contribution in [3.05, 3.63) is 23.8 Å². The van der Waals surface area contributed by atoms with E-state index in [9.17, 15) is 26.4 Å². The Morgan fingerprint density at radius 2 is 1.90 bits per heavy atom. The molecule has 0 fully saturated rings. The first-order valence-corrected chi connectivity index (χ1v) is 7.28. The molecule has 1 heterocycles. The minimum atomic E-state index is -5.73. The number of benzene rings is 1. The van der Waals surface area contributed by atoms with Crippen LogP contribution < -0.4 is 9.50 Å². The molecule has 0 unspecified atom stereocenters. The highest BCUT2D eigenvalue weighted by molar-refractivity contribution is 7.88. The molecule has 1 aliphatic rings. The molecule has 116 valence electrons. The molecule has 0 saturated carbocycles. The Balaban J connectivity index is 2.32. The van der Waals surface area contributed by atoms with Gasteiger partial charge in [-0.1, -0.05) is 19.9 Å². The quantitative estimate of drug-likeness (QED) is 0.670. The number of carbonyl (C=O) groups is 1. The van der Waals surface area contributed by atoms with Crippen molar-refractivity contribution in [1.29, 1.82) is 0 Å². The van der Waals surface area contributed by atoms with Gasteiger partial charge in [-0.25, -0.2) is 0 Å². The van der Waals surface area contributed by atoms with Crippen LogP contribution >= 0.6 is 0 Å². The van der Waals surface area contributed by atoms with E-state index in [2.05, 4.69) is 9.50 Å². The predicted octanol–water partition coefficient (Wildman–Crippen LogP) is 2.44. The Hall–Kier alpha value is -1.77. The second-order valence-corrected chi connectivity index (χ2v) is 6.85. The lowest BCUT2D eigenvalue weighted by Gasteiger charge is -2.30. The summed E-state index contributed by atoms with van der Waals surface area (Å²) in [5.41, 5.74) is -5.22. The van der Waals surface area contributed by atoms with Gasteiger partial charge in [-0.2, -0.15) is 21.6 Å². The minimum Gasteiger partial charge on any atom is -0.376 e. The summed E-state index contributed by atoms with van der Waals surface area (Å²) < 4.78 is 62.6. The molecule has 0 saturated heterocycles. The third-order valence-electron chi connectivity index (χ3n) is 3.07. The van der Waals surface area contributed by atoms with Crippen LogP contribution in [-0.4, -0.2) is 19.8 Å². The third-order valence-corrected chi connectivity index (χ3v) is 4.04. The number of amides is 1. The number of halogens is 3. The first-order valence-electron chi connectivity index (χ1n) is 5.87. The molecule has 0 bridgehead atoms. The van der Waals surface area contributed by atoms with Crippen LogP contribution in [0, 0.1) is 5.41 Å². The predicted molar refractivity (Wildman–Crippen MR) is 68.2 cm³/mol. The topological polar surface area (TPSA) is 72.5 Å². The first kappa shape index (κ1) is 15.6. The normalized spacial score (nSPS) is 17.9. The van der Waals surface area contributed by atoms with Gasteiger partial charge in [0, 0.05) is 17.2 Å². The molecule has 1 aromatic carbocycles. The van der Waals surface area contributed by atoms with Gasteiger partial charge in [-0.05, 0) is 18.1 Å². The van der Waals surface area contributed by atoms with Gasteiger partial charge in [0.2, 0.25) is 5.91 Å². The lowest BCUT2D eigenvalue weighted by Crippen LogP contribution is -2.37. The van der Waals surface area contributed by atoms with E-state index < -0.39 is 26.8 Å². The highest BCUT2D eigenvalue weighted by atomic mass is 32.2. The Labute approximate surface area is 119 Å². The van der Waals surface area contributed by atoms with Crippen molar-refractivity contribution >= 4 is 21.7 Å². The molecule has 2 rings (SSSR count).